The number of nitrogens with one attached hydrogen (secondary N) is 1. The molecule has 5 heteroatoms. The Balaban J connectivity index is 2.34. The normalized spacial score (nSPS) is 10.2. The fourth-order valence-electron chi connectivity index (χ4n) is 1.32. The van der Waals surface area contributed by atoms with Crippen LogP contribution in [0.2, 0.25) is 0 Å². The summed E-state index contributed by atoms with van der Waals surface area (Å²) in [7, 11) is 5.84. The van der Waals surface area contributed by atoms with E-state index in [1.54, 1.807) is 11.3 Å². The molecule has 0 atom stereocenters. The van der Waals surface area contributed by atoms with E-state index in [-0.39, 0.29) is 0 Å². The molecule has 0 fully saturated rings. The second kappa shape index (κ2) is 4.49. The molecule has 1 N–H and O–H groups in total. The molecule has 0 bridgehead atoms. The summed E-state index contributed by atoms with van der Waals surface area (Å²) >= 11 is 1.59. The molecule has 0 spiro atoms. The van der Waals surface area contributed by atoms with Gasteiger partial charge in [-0.05, 0) is 12.1 Å². The van der Waals surface area contributed by atoms with Crippen LogP contribution in [0.1, 0.15) is 0 Å². The van der Waals surface area contributed by atoms with E-state index in [0.717, 1.165) is 21.4 Å². The van der Waals surface area contributed by atoms with Crippen molar-refractivity contribution in [2.75, 3.05) is 31.4 Å². The zero-order chi connectivity index (χ0) is 11.5. The summed E-state index contributed by atoms with van der Waals surface area (Å²) < 4.78 is 0. The molecule has 2 aromatic rings. The van der Waals surface area contributed by atoms with Gasteiger partial charge in [0.15, 0.2) is 0 Å². The Morgan fingerprint density at radius 3 is 2.69 bits per heavy atom. The minimum atomic E-state index is 0.921. The maximum absolute atomic E-state index is 4.18. The molecule has 0 saturated heterocycles. The molecule has 16 heavy (non-hydrogen) atoms. The van der Waals surface area contributed by atoms with Gasteiger partial charge in [-0.15, -0.1) is 10.2 Å². The Hall–Kier alpha value is -1.62. The van der Waals surface area contributed by atoms with Crippen LogP contribution in [-0.2, 0) is 0 Å². The quantitative estimate of drug-likeness (QED) is 0.885. The molecule has 1 heterocycles. The topological polar surface area (TPSA) is 41.1 Å². The number of aromatic nitrogens is 2. The van der Waals surface area contributed by atoms with E-state index in [0.29, 0.717) is 0 Å². The van der Waals surface area contributed by atoms with Crippen molar-refractivity contribution in [2.45, 2.75) is 0 Å². The zero-order valence-corrected chi connectivity index (χ0v) is 10.4. The van der Waals surface area contributed by atoms with Gasteiger partial charge in [0.2, 0.25) is 5.13 Å². The van der Waals surface area contributed by atoms with Crippen LogP contribution in [0.5, 0.6) is 0 Å². The van der Waals surface area contributed by atoms with Crippen LogP contribution < -0.4 is 10.2 Å². The van der Waals surface area contributed by atoms with Crippen LogP contribution in [0.15, 0.2) is 24.3 Å². The van der Waals surface area contributed by atoms with E-state index < -0.39 is 0 Å². The number of hydrogen-bond donors (Lipinski definition) is 1. The van der Waals surface area contributed by atoms with Crippen molar-refractivity contribution in [2.24, 2.45) is 0 Å². The summed E-state index contributed by atoms with van der Waals surface area (Å²) in [4.78, 5) is 1.96. The molecule has 0 unspecified atom stereocenters. The van der Waals surface area contributed by atoms with Gasteiger partial charge in [0.25, 0.3) is 0 Å². The largest absolute Gasteiger partial charge is 0.388 e. The first-order valence-corrected chi connectivity index (χ1v) is 5.81. The van der Waals surface area contributed by atoms with Crippen molar-refractivity contribution in [1.29, 1.82) is 0 Å². The van der Waals surface area contributed by atoms with Crippen LogP contribution in [-0.4, -0.2) is 31.3 Å². The lowest BCUT2D eigenvalue weighted by Gasteiger charge is -2.04. The van der Waals surface area contributed by atoms with E-state index >= 15 is 0 Å². The highest BCUT2D eigenvalue weighted by atomic mass is 32.1. The summed E-state index contributed by atoms with van der Waals surface area (Å²) in [5.74, 6) is 0. The van der Waals surface area contributed by atoms with Gasteiger partial charge in [0.05, 0.1) is 0 Å². The van der Waals surface area contributed by atoms with Crippen molar-refractivity contribution in [3.05, 3.63) is 24.3 Å². The lowest BCUT2D eigenvalue weighted by molar-refractivity contribution is 1.02. The molecule has 1 aromatic heterocycles. The second-order valence-corrected chi connectivity index (χ2v) is 4.57. The summed E-state index contributed by atoms with van der Waals surface area (Å²) in [6.45, 7) is 0. The number of nitrogens with zero attached hydrogens (tertiary/aromatic N) is 3. The summed E-state index contributed by atoms with van der Waals surface area (Å²) in [6, 6.07) is 8.15. The first-order chi connectivity index (χ1) is 7.70. The summed E-state index contributed by atoms with van der Waals surface area (Å²) in [5.41, 5.74) is 2.18. The molecule has 0 radical (unpaired) electrons. The maximum Gasteiger partial charge on any atom is 0.208 e. The van der Waals surface area contributed by atoms with Gasteiger partial charge in [-0.25, -0.2) is 0 Å². The van der Waals surface area contributed by atoms with Gasteiger partial charge in [0.1, 0.15) is 5.01 Å². The smallest absolute Gasteiger partial charge is 0.208 e. The molecule has 0 amide bonds. The zero-order valence-electron chi connectivity index (χ0n) is 9.56. The van der Waals surface area contributed by atoms with E-state index in [2.05, 4.69) is 21.6 Å². The maximum atomic E-state index is 4.18. The number of anilines is 2. The standard InChI is InChI=1S/C11H14N4S/c1-12-9-6-4-5-8(7-9)10-13-14-11(16-10)15(2)3/h4-7,12H,1-3H3. The predicted molar refractivity (Wildman–Crippen MR) is 69.2 cm³/mol. The second-order valence-electron chi connectivity index (χ2n) is 3.62. The minimum Gasteiger partial charge on any atom is -0.388 e. The molecule has 2 rings (SSSR count). The molecule has 1 aromatic carbocycles. The van der Waals surface area contributed by atoms with E-state index in [4.69, 9.17) is 0 Å². The van der Waals surface area contributed by atoms with Crippen molar-refractivity contribution in [3.63, 3.8) is 0 Å². The van der Waals surface area contributed by atoms with Crippen LogP contribution in [0, 0.1) is 0 Å². The molecule has 84 valence electrons. The Bertz CT molecular complexity index is 478. The number of benzene rings is 1. The van der Waals surface area contributed by atoms with Crippen molar-refractivity contribution < 1.29 is 0 Å². The van der Waals surface area contributed by atoms with E-state index in [9.17, 15) is 0 Å². The van der Waals surface area contributed by atoms with Crippen LogP contribution in [0.4, 0.5) is 10.8 Å². The Morgan fingerprint density at radius 2 is 2.06 bits per heavy atom. The van der Waals surface area contributed by atoms with E-state index in [1.807, 2.05) is 44.2 Å². The van der Waals surface area contributed by atoms with Crippen molar-refractivity contribution >= 4 is 22.2 Å². The van der Waals surface area contributed by atoms with Crippen molar-refractivity contribution in [3.8, 4) is 10.6 Å². The monoisotopic (exact) mass is 234 g/mol. The van der Waals surface area contributed by atoms with Gasteiger partial charge in [-0.2, -0.15) is 0 Å². The SMILES string of the molecule is CNc1cccc(-c2nnc(N(C)C)s2)c1. The van der Waals surface area contributed by atoms with Gasteiger partial charge < -0.3 is 10.2 Å². The third-order valence-electron chi connectivity index (χ3n) is 2.20. The molecule has 4 nitrogen and oxygen atoms in total. The van der Waals surface area contributed by atoms with E-state index in [1.165, 1.54) is 0 Å². The van der Waals surface area contributed by atoms with Gasteiger partial charge >= 0.3 is 0 Å². The molecule has 0 aliphatic carbocycles. The predicted octanol–water partition coefficient (Wildman–Crippen LogP) is 2.31. The summed E-state index contributed by atoms with van der Waals surface area (Å²) in [5, 5.41) is 13.3. The average molecular weight is 234 g/mol. The highest BCUT2D eigenvalue weighted by Gasteiger charge is 2.07. The van der Waals surface area contributed by atoms with Crippen LogP contribution >= 0.6 is 11.3 Å². The Kier molecular flexibility index (Phi) is 3.05. The van der Waals surface area contributed by atoms with Gasteiger partial charge in [0, 0.05) is 32.4 Å². The first kappa shape index (κ1) is 10.9. The first-order valence-electron chi connectivity index (χ1n) is 4.99. The lowest BCUT2D eigenvalue weighted by Crippen LogP contribution is -2.07. The third kappa shape index (κ3) is 2.14. The highest BCUT2D eigenvalue weighted by molar-refractivity contribution is 7.18. The fourth-order valence-corrected chi connectivity index (χ4v) is 2.08. The lowest BCUT2D eigenvalue weighted by atomic mass is 10.2. The third-order valence-corrected chi connectivity index (χ3v) is 3.34. The van der Waals surface area contributed by atoms with Gasteiger partial charge in [-0.1, -0.05) is 23.5 Å². The number of hydrogen-bond acceptors (Lipinski definition) is 5. The molecular weight excluding hydrogens is 220 g/mol. The highest BCUT2D eigenvalue weighted by Crippen LogP contribution is 2.28. The minimum absolute atomic E-state index is 0.921. The number of rotatable bonds is 3. The average Bonchev–Trinajstić information content (AvgIpc) is 2.78. The molecule has 0 saturated carbocycles. The summed E-state index contributed by atoms with van der Waals surface area (Å²) in [6.07, 6.45) is 0. The molecule has 0 aliphatic heterocycles. The molecular formula is C11H14N4S. The Labute approximate surface area is 98.9 Å². The Morgan fingerprint density at radius 1 is 1.25 bits per heavy atom. The van der Waals surface area contributed by atoms with Crippen LogP contribution in [0.3, 0.4) is 0 Å². The fraction of sp³-hybridized carbons (Fsp3) is 0.273. The molecule has 0 aliphatic rings. The van der Waals surface area contributed by atoms with Crippen molar-refractivity contribution in [1.82, 2.24) is 10.2 Å². The van der Waals surface area contributed by atoms with Crippen LogP contribution in [0.25, 0.3) is 10.6 Å². The van der Waals surface area contributed by atoms with Gasteiger partial charge in [-0.3, -0.25) is 0 Å².